The molecule has 0 heterocycles. The molecule has 0 aliphatic heterocycles. The maximum absolute atomic E-state index is 10.3. The van der Waals surface area contributed by atoms with Gasteiger partial charge in [0, 0.05) is 6.42 Å². The summed E-state index contributed by atoms with van der Waals surface area (Å²) >= 11 is 0. The van der Waals surface area contributed by atoms with Gasteiger partial charge in [0.05, 0.1) is 5.97 Å². The minimum absolute atomic E-state index is 0.146. The van der Waals surface area contributed by atoms with Crippen molar-refractivity contribution in [3.63, 3.8) is 0 Å². The monoisotopic (exact) mass is 310 g/mol. The van der Waals surface area contributed by atoms with E-state index in [9.17, 15) is 14.7 Å². The molecule has 0 aliphatic carbocycles. The average molecular weight is 310 g/mol. The number of carbonyl (C=O) groups is 2. The molecule has 124 valence electrons. The highest BCUT2D eigenvalue weighted by molar-refractivity contribution is 5.71. The van der Waals surface area contributed by atoms with Crippen LogP contribution in [-0.4, -0.2) is 28.7 Å². The van der Waals surface area contributed by atoms with Crippen LogP contribution in [0.25, 0.3) is 0 Å². The largest absolute Gasteiger partial charge is 0.547 e. The molecule has 0 saturated carbocycles. The summed E-state index contributed by atoms with van der Waals surface area (Å²) in [6.45, 7) is 4.62. The Kier molecular flexibility index (Phi) is 9.82. The lowest BCUT2D eigenvalue weighted by molar-refractivity contribution is -0.315. The first-order valence-electron chi connectivity index (χ1n) is 7.13. The second-order valence-electron chi connectivity index (χ2n) is 5.46. The van der Waals surface area contributed by atoms with Gasteiger partial charge in [0.2, 0.25) is 0 Å². The van der Waals surface area contributed by atoms with Gasteiger partial charge >= 0.3 is 5.97 Å². The summed E-state index contributed by atoms with van der Waals surface area (Å²) in [5.74, 6) is -1.55. The van der Waals surface area contributed by atoms with Gasteiger partial charge < -0.3 is 25.8 Å². The van der Waals surface area contributed by atoms with E-state index in [-0.39, 0.29) is 12.3 Å². The van der Waals surface area contributed by atoms with Gasteiger partial charge in [0.15, 0.2) is 0 Å². The van der Waals surface area contributed by atoms with Gasteiger partial charge in [-0.2, -0.15) is 0 Å². The maximum Gasteiger partial charge on any atom is 0.303 e. The standard InChI is InChI=1S/C8H17NO2.C8H8O3/c1-6(2)3-7(5-9)4-8(10)11;9-7(8(10)11)6-4-2-1-3-5-6/h6-7H,3-5,9H2,1-2H3,(H,10,11);1-5,7,9H,(H,10,11)/p-1/t7-;/m0./s1. The quantitative estimate of drug-likeness (QED) is 0.675. The van der Waals surface area contributed by atoms with Crippen LogP contribution >= 0.6 is 0 Å². The lowest BCUT2D eigenvalue weighted by Gasteiger charge is -2.13. The van der Waals surface area contributed by atoms with E-state index in [2.05, 4.69) is 13.8 Å². The molecule has 0 aliphatic rings. The Hall–Kier alpha value is -1.92. The fraction of sp³-hybridized carbons (Fsp3) is 0.500. The van der Waals surface area contributed by atoms with Crippen LogP contribution in [0.15, 0.2) is 30.3 Å². The van der Waals surface area contributed by atoms with Crippen molar-refractivity contribution >= 4 is 11.9 Å². The van der Waals surface area contributed by atoms with Crippen molar-refractivity contribution in [2.75, 3.05) is 6.54 Å². The van der Waals surface area contributed by atoms with E-state index in [0.717, 1.165) is 6.42 Å². The highest BCUT2D eigenvalue weighted by Crippen LogP contribution is 2.13. The molecule has 1 aromatic carbocycles. The minimum Gasteiger partial charge on any atom is -0.547 e. The smallest absolute Gasteiger partial charge is 0.303 e. The summed E-state index contributed by atoms with van der Waals surface area (Å²) in [5.41, 5.74) is 5.75. The first kappa shape index (κ1) is 20.1. The molecule has 4 N–H and O–H groups in total. The molecule has 0 fully saturated rings. The Balaban J connectivity index is 0.000000401. The molecule has 0 saturated heterocycles. The summed E-state index contributed by atoms with van der Waals surface area (Å²) in [6.07, 6.45) is -0.409. The first-order valence-corrected chi connectivity index (χ1v) is 7.13. The van der Waals surface area contributed by atoms with E-state index in [1.165, 1.54) is 12.1 Å². The second-order valence-corrected chi connectivity index (χ2v) is 5.46. The minimum atomic E-state index is -1.52. The third-order valence-electron chi connectivity index (χ3n) is 2.94. The van der Waals surface area contributed by atoms with Crippen molar-refractivity contribution < 1.29 is 24.9 Å². The molecular formula is C16H24NO5-. The van der Waals surface area contributed by atoms with Crippen LogP contribution in [0, 0.1) is 11.8 Å². The highest BCUT2D eigenvalue weighted by Gasteiger charge is 2.12. The van der Waals surface area contributed by atoms with Crippen molar-refractivity contribution in [2.45, 2.75) is 32.8 Å². The topological polar surface area (TPSA) is 124 Å². The lowest BCUT2D eigenvalue weighted by atomic mass is 9.94. The molecule has 6 heteroatoms. The average Bonchev–Trinajstić information content (AvgIpc) is 2.46. The molecule has 22 heavy (non-hydrogen) atoms. The predicted octanol–water partition coefficient (Wildman–Crippen LogP) is 0.552. The third-order valence-corrected chi connectivity index (χ3v) is 2.94. The van der Waals surface area contributed by atoms with E-state index in [1.54, 1.807) is 18.2 Å². The number of nitrogens with two attached hydrogens (primary N) is 1. The summed E-state index contributed by atoms with van der Waals surface area (Å²) in [4.78, 5) is 20.4. The normalized spacial score (nSPS) is 13.0. The van der Waals surface area contributed by atoms with Crippen LogP contribution in [0.4, 0.5) is 0 Å². The number of carboxylic acid groups (broad SMARTS) is 2. The Labute approximate surface area is 130 Å². The number of carbonyl (C=O) groups excluding carboxylic acids is 1. The number of aliphatic carboxylic acids is 2. The Morgan fingerprint density at radius 2 is 1.77 bits per heavy atom. The maximum atomic E-state index is 10.3. The lowest BCUT2D eigenvalue weighted by Crippen LogP contribution is -2.29. The van der Waals surface area contributed by atoms with Gasteiger partial charge in [-0.05, 0) is 30.4 Å². The second kappa shape index (κ2) is 10.8. The van der Waals surface area contributed by atoms with Gasteiger partial charge in [-0.15, -0.1) is 0 Å². The molecule has 0 aromatic heterocycles. The summed E-state index contributed by atoms with van der Waals surface area (Å²) in [6, 6.07) is 8.11. The molecule has 2 atom stereocenters. The fourth-order valence-electron chi connectivity index (χ4n) is 1.95. The zero-order valence-electron chi connectivity index (χ0n) is 12.9. The van der Waals surface area contributed by atoms with Gasteiger partial charge in [-0.1, -0.05) is 44.2 Å². The molecule has 1 aromatic rings. The highest BCUT2D eigenvalue weighted by atomic mass is 16.4. The molecule has 0 spiro atoms. The Morgan fingerprint density at radius 1 is 1.23 bits per heavy atom. The summed E-state index contributed by atoms with van der Waals surface area (Å²) in [5, 5.41) is 27.5. The molecule has 0 bridgehead atoms. The van der Waals surface area contributed by atoms with Crippen LogP contribution in [0.3, 0.4) is 0 Å². The van der Waals surface area contributed by atoms with Gasteiger partial charge in [-0.3, -0.25) is 4.79 Å². The number of aliphatic hydroxyl groups excluding tert-OH is 1. The molecule has 1 unspecified atom stereocenters. The van der Waals surface area contributed by atoms with Crippen LogP contribution in [0.2, 0.25) is 0 Å². The van der Waals surface area contributed by atoms with E-state index in [0.29, 0.717) is 18.0 Å². The van der Waals surface area contributed by atoms with Crippen molar-refractivity contribution in [3.05, 3.63) is 35.9 Å². The number of carboxylic acids is 2. The molecule has 0 amide bonds. The molecular weight excluding hydrogens is 286 g/mol. The predicted molar refractivity (Wildman–Crippen MR) is 80.7 cm³/mol. The summed E-state index contributed by atoms with van der Waals surface area (Å²) in [7, 11) is 0. The Morgan fingerprint density at radius 3 is 2.14 bits per heavy atom. The number of aliphatic hydroxyl groups is 1. The third kappa shape index (κ3) is 9.10. The fourth-order valence-corrected chi connectivity index (χ4v) is 1.95. The van der Waals surface area contributed by atoms with Gasteiger partial charge in [0.1, 0.15) is 6.10 Å². The SMILES string of the molecule is CC(C)C[C@H](CN)CC(=O)O.O=C([O-])C(O)c1ccccc1. The number of benzene rings is 1. The van der Waals surface area contributed by atoms with E-state index >= 15 is 0 Å². The van der Waals surface area contributed by atoms with Gasteiger partial charge in [-0.25, -0.2) is 0 Å². The van der Waals surface area contributed by atoms with E-state index < -0.39 is 18.0 Å². The van der Waals surface area contributed by atoms with E-state index in [1.807, 2.05) is 0 Å². The number of hydrogen-bond acceptors (Lipinski definition) is 5. The van der Waals surface area contributed by atoms with Crippen LogP contribution in [0.1, 0.15) is 38.4 Å². The van der Waals surface area contributed by atoms with Crippen molar-refractivity contribution in [3.8, 4) is 0 Å². The zero-order valence-corrected chi connectivity index (χ0v) is 12.9. The number of rotatable bonds is 7. The van der Waals surface area contributed by atoms with Gasteiger partial charge in [0.25, 0.3) is 0 Å². The van der Waals surface area contributed by atoms with Crippen molar-refractivity contribution in [2.24, 2.45) is 17.6 Å². The molecule has 0 radical (unpaired) electrons. The molecule has 1 rings (SSSR count). The number of hydrogen-bond donors (Lipinski definition) is 3. The molecule has 6 nitrogen and oxygen atoms in total. The van der Waals surface area contributed by atoms with Crippen molar-refractivity contribution in [1.82, 2.24) is 0 Å². The zero-order chi connectivity index (χ0) is 17.1. The van der Waals surface area contributed by atoms with Crippen LogP contribution in [-0.2, 0) is 9.59 Å². The summed E-state index contributed by atoms with van der Waals surface area (Å²) < 4.78 is 0. The first-order chi connectivity index (χ1) is 10.3. The van der Waals surface area contributed by atoms with E-state index in [4.69, 9.17) is 15.9 Å². The Bertz CT molecular complexity index is 447. The van der Waals surface area contributed by atoms with Crippen molar-refractivity contribution in [1.29, 1.82) is 0 Å². The van der Waals surface area contributed by atoms with Crippen LogP contribution in [0.5, 0.6) is 0 Å². The van der Waals surface area contributed by atoms with Crippen LogP contribution < -0.4 is 10.8 Å².